The van der Waals surface area contributed by atoms with E-state index in [9.17, 15) is 9.90 Å². The molecule has 0 saturated heterocycles. The third kappa shape index (κ3) is 2.81. The Morgan fingerprint density at radius 2 is 1.97 bits per heavy atom. The molecule has 8 nitrogen and oxygen atoms in total. The normalized spacial score (nSPS) is 11.7. The Balaban J connectivity index is 1.68. The van der Waals surface area contributed by atoms with Gasteiger partial charge in [-0.25, -0.2) is 9.38 Å². The van der Waals surface area contributed by atoms with Crippen LogP contribution in [0.3, 0.4) is 0 Å². The fourth-order valence-corrected chi connectivity index (χ4v) is 4.01. The minimum Gasteiger partial charge on any atom is -0.497 e. The Morgan fingerprint density at radius 1 is 1.17 bits per heavy atom. The van der Waals surface area contributed by atoms with E-state index < -0.39 is 0 Å². The highest BCUT2D eigenvalue weighted by molar-refractivity contribution is 9.10. The second-order valence-electron chi connectivity index (χ2n) is 6.63. The van der Waals surface area contributed by atoms with Crippen molar-refractivity contribution in [3.8, 4) is 17.0 Å². The number of hydrogen-bond acceptors (Lipinski definition) is 5. The first-order chi connectivity index (χ1) is 14.1. The number of methoxy groups -OCH3 is 1. The van der Waals surface area contributed by atoms with E-state index in [-0.39, 0.29) is 17.7 Å². The lowest BCUT2D eigenvalue weighted by Crippen LogP contribution is -2.14. The van der Waals surface area contributed by atoms with E-state index in [2.05, 4.69) is 30.9 Å². The number of ether oxygens (including phenoxy) is 1. The van der Waals surface area contributed by atoms with Gasteiger partial charge in [0.15, 0.2) is 15.9 Å². The van der Waals surface area contributed by atoms with E-state index >= 15 is 0 Å². The molecule has 0 radical (unpaired) electrons. The van der Waals surface area contributed by atoms with Gasteiger partial charge in [-0.15, -0.1) is 0 Å². The Morgan fingerprint density at radius 3 is 2.76 bits per heavy atom. The molecular formula is C20H16BrN5O3. The maximum atomic E-state index is 12.9. The number of aromatic nitrogens is 5. The quantitative estimate of drug-likeness (QED) is 0.407. The lowest BCUT2D eigenvalue weighted by Gasteiger charge is -2.04. The summed E-state index contributed by atoms with van der Waals surface area (Å²) >= 11 is 3.32. The van der Waals surface area contributed by atoms with Gasteiger partial charge in [-0.3, -0.25) is 4.79 Å². The van der Waals surface area contributed by atoms with Crippen molar-refractivity contribution in [3.63, 3.8) is 0 Å². The largest absolute Gasteiger partial charge is 0.497 e. The highest BCUT2D eigenvalue weighted by Gasteiger charge is 2.17. The van der Waals surface area contributed by atoms with E-state index in [0.29, 0.717) is 22.7 Å². The lowest BCUT2D eigenvalue weighted by atomic mass is 10.1. The number of aliphatic hydroxyl groups excluding tert-OH is 1. The van der Waals surface area contributed by atoms with Crippen molar-refractivity contribution in [1.29, 1.82) is 0 Å². The second kappa shape index (κ2) is 6.71. The predicted molar refractivity (Wildman–Crippen MR) is 113 cm³/mol. The molecule has 3 aromatic heterocycles. The van der Waals surface area contributed by atoms with Crippen LogP contribution >= 0.6 is 15.9 Å². The van der Waals surface area contributed by atoms with Crippen molar-refractivity contribution in [2.24, 2.45) is 0 Å². The fraction of sp³-hybridized carbons (Fsp3) is 0.150. The molecule has 3 heterocycles. The molecule has 2 aromatic carbocycles. The van der Waals surface area contributed by atoms with Crippen LogP contribution in [0, 0.1) is 0 Å². The van der Waals surface area contributed by atoms with Crippen LogP contribution in [0.15, 0.2) is 52.1 Å². The number of aliphatic hydroxyl groups is 1. The zero-order chi connectivity index (χ0) is 20.1. The number of nitrogens with one attached hydrogen (secondary N) is 1. The fourth-order valence-electron chi connectivity index (χ4n) is 3.49. The first kappa shape index (κ1) is 17.9. The van der Waals surface area contributed by atoms with Crippen LogP contribution < -0.4 is 10.3 Å². The van der Waals surface area contributed by atoms with E-state index in [4.69, 9.17) is 4.74 Å². The average Bonchev–Trinajstić information content (AvgIpc) is 3.30. The van der Waals surface area contributed by atoms with Crippen molar-refractivity contribution < 1.29 is 9.84 Å². The number of rotatable bonds is 4. The second-order valence-corrected chi connectivity index (χ2v) is 7.34. The summed E-state index contributed by atoms with van der Waals surface area (Å²) in [5.41, 5.74) is 2.11. The summed E-state index contributed by atoms with van der Waals surface area (Å²) in [4.78, 5) is 25.0. The number of H-pyrrole nitrogens is 1. The van der Waals surface area contributed by atoms with Gasteiger partial charge in [0, 0.05) is 18.3 Å². The van der Waals surface area contributed by atoms with Gasteiger partial charge in [-0.05, 0) is 44.9 Å². The summed E-state index contributed by atoms with van der Waals surface area (Å²) in [6, 6.07) is 11.9. The molecule has 0 amide bonds. The molecule has 0 aliphatic heterocycles. The van der Waals surface area contributed by atoms with Gasteiger partial charge in [-0.1, -0.05) is 18.2 Å². The molecule has 29 heavy (non-hydrogen) atoms. The Labute approximate surface area is 172 Å². The molecule has 0 spiro atoms. The van der Waals surface area contributed by atoms with Crippen LogP contribution in [0.2, 0.25) is 0 Å². The molecule has 0 bridgehead atoms. The minimum atomic E-state index is -0.268. The Hall–Kier alpha value is -3.17. The number of fused-ring (bicyclic) bond motifs is 3. The predicted octanol–water partition coefficient (Wildman–Crippen LogP) is 2.96. The summed E-state index contributed by atoms with van der Waals surface area (Å²) in [5.74, 6) is 1.22. The summed E-state index contributed by atoms with van der Waals surface area (Å²) in [6.45, 7) is 0.213. The van der Waals surface area contributed by atoms with E-state index in [1.807, 2.05) is 36.4 Å². The van der Waals surface area contributed by atoms with Crippen LogP contribution in [0.25, 0.3) is 39.0 Å². The van der Waals surface area contributed by atoms with Gasteiger partial charge in [-0.2, -0.15) is 4.98 Å². The van der Waals surface area contributed by atoms with E-state index in [1.165, 1.54) is 4.40 Å². The number of halogens is 1. The highest BCUT2D eigenvalue weighted by atomic mass is 79.9. The lowest BCUT2D eigenvalue weighted by molar-refractivity contribution is 0.276. The van der Waals surface area contributed by atoms with E-state index in [1.54, 1.807) is 17.9 Å². The maximum Gasteiger partial charge on any atom is 0.287 e. The third-order valence-corrected chi connectivity index (χ3v) is 5.55. The zero-order valence-corrected chi connectivity index (χ0v) is 17.0. The molecule has 0 saturated carbocycles. The summed E-state index contributed by atoms with van der Waals surface area (Å²) in [6.07, 6.45) is 1.73. The van der Waals surface area contributed by atoms with Gasteiger partial charge in [0.2, 0.25) is 5.78 Å². The number of benzene rings is 2. The molecule has 2 N–H and O–H groups in total. The average molecular weight is 454 g/mol. The molecule has 5 aromatic rings. The van der Waals surface area contributed by atoms with E-state index in [0.717, 1.165) is 27.8 Å². The zero-order valence-electron chi connectivity index (χ0n) is 15.4. The van der Waals surface area contributed by atoms with Crippen LogP contribution in [-0.2, 0) is 6.54 Å². The van der Waals surface area contributed by atoms with Crippen LogP contribution in [-0.4, -0.2) is 42.7 Å². The van der Waals surface area contributed by atoms with Crippen LogP contribution in [0.5, 0.6) is 5.75 Å². The van der Waals surface area contributed by atoms with Crippen molar-refractivity contribution in [2.75, 3.05) is 13.7 Å². The summed E-state index contributed by atoms with van der Waals surface area (Å²) in [5, 5.41) is 11.4. The van der Waals surface area contributed by atoms with Gasteiger partial charge in [0.25, 0.3) is 5.56 Å². The van der Waals surface area contributed by atoms with Gasteiger partial charge >= 0.3 is 0 Å². The summed E-state index contributed by atoms with van der Waals surface area (Å²) < 4.78 is 8.86. The van der Waals surface area contributed by atoms with Crippen molar-refractivity contribution in [1.82, 2.24) is 23.9 Å². The first-order valence-electron chi connectivity index (χ1n) is 8.95. The van der Waals surface area contributed by atoms with Gasteiger partial charge in [0.1, 0.15) is 5.75 Å². The molecule has 146 valence electrons. The number of imidazole rings is 2. The molecule has 0 fully saturated rings. The number of nitrogens with zero attached hydrogens (tertiary/aromatic N) is 4. The Kier molecular flexibility index (Phi) is 4.14. The standard InChI is InChI=1S/C20H16BrN5O3/c1-29-14-5-4-11-8-13(3-2-12(11)9-14)15-10-26-18(28)16-17(24-20(26)22-15)25(6-7-27)19(21)23-16/h2-5,8-10,27H,6-7H2,1H3,(H,22,24). The summed E-state index contributed by atoms with van der Waals surface area (Å²) in [7, 11) is 1.65. The molecule has 0 aliphatic rings. The highest BCUT2D eigenvalue weighted by Crippen LogP contribution is 2.27. The molecule has 0 atom stereocenters. The molecule has 9 heteroatoms. The molecule has 0 unspecified atom stereocenters. The van der Waals surface area contributed by atoms with Gasteiger partial charge < -0.3 is 19.4 Å². The van der Waals surface area contributed by atoms with Crippen molar-refractivity contribution in [2.45, 2.75) is 6.54 Å². The molecule has 5 rings (SSSR count). The smallest absolute Gasteiger partial charge is 0.287 e. The number of hydrogen-bond donors (Lipinski definition) is 2. The third-order valence-electron chi connectivity index (χ3n) is 4.94. The maximum absolute atomic E-state index is 12.9. The molecule has 0 aliphatic carbocycles. The monoisotopic (exact) mass is 453 g/mol. The minimum absolute atomic E-state index is 0.0804. The SMILES string of the molecule is COc1ccc2cc(-c3cn4c(=O)c5nc(Br)n(CCO)c5nc4[nH]3)ccc2c1. The van der Waals surface area contributed by atoms with Crippen LogP contribution in [0.4, 0.5) is 0 Å². The Bertz CT molecular complexity index is 1450. The van der Waals surface area contributed by atoms with Crippen molar-refractivity contribution in [3.05, 3.63) is 57.7 Å². The van der Waals surface area contributed by atoms with Gasteiger partial charge in [0.05, 0.1) is 19.4 Å². The topological polar surface area (TPSA) is 97.4 Å². The van der Waals surface area contributed by atoms with Crippen LogP contribution in [0.1, 0.15) is 0 Å². The molecular weight excluding hydrogens is 438 g/mol. The first-order valence-corrected chi connectivity index (χ1v) is 9.74. The van der Waals surface area contributed by atoms with Crippen molar-refractivity contribution >= 4 is 43.6 Å². The number of aromatic amines is 1.